The van der Waals surface area contributed by atoms with Crippen molar-refractivity contribution in [2.45, 2.75) is 24.8 Å². The van der Waals surface area contributed by atoms with Crippen LogP contribution in [0.15, 0.2) is 18.2 Å². The zero-order valence-corrected chi connectivity index (χ0v) is 13.6. The Balaban J connectivity index is 2.12. The van der Waals surface area contributed by atoms with Gasteiger partial charge in [-0.15, -0.1) is 11.6 Å². The third-order valence-electron chi connectivity index (χ3n) is 3.35. The molecule has 2 nitrogen and oxygen atoms in total. The van der Waals surface area contributed by atoms with Gasteiger partial charge in [0, 0.05) is 15.4 Å². The van der Waals surface area contributed by atoms with Crippen LogP contribution >= 0.6 is 46.0 Å². The van der Waals surface area contributed by atoms with Crippen molar-refractivity contribution < 1.29 is 0 Å². The van der Waals surface area contributed by atoms with Gasteiger partial charge >= 0.3 is 0 Å². The van der Waals surface area contributed by atoms with Gasteiger partial charge in [-0.1, -0.05) is 0 Å². The maximum absolute atomic E-state index is 6.07. The fraction of sp³-hybridized carbons (Fsp3) is 0.462. The van der Waals surface area contributed by atoms with Crippen LogP contribution in [-0.2, 0) is 5.88 Å². The Morgan fingerprint density at radius 2 is 2.39 bits per heavy atom. The molecule has 5 heteroatoms. The highest BCUT2D eigenvalue weighted by molar-refractivity contribution is 14.1. The van der Waals surface area contributed by atoms with E-state index in [-0.39, 0.29) is 0 Å². The zero-order valence-electron chi connectivity index (χ0n) is 9.90. The van der Waals surface area contributed by atoms with E-state index in [2.05, 4.69) is 50.3 Å². The van der Waals surface area contributed by atoms with Gasteiger partial charge in [-0.05, 0) is 59.4 Å². The highest BCUT2D eigenvalue weighted by Crippen LogP contribution is 2.32. The Kier molecular flexibility index (Phi) is 4.06. The number of fused-ring (bicyclic) bond motifs is 1. The largest absolute Gasteiger partial charge is 0.323 e. The minimum absolute atomic E-state index is 0.492. The van der Waals surface area contributed by atoms with Gasteiger partial charge in [0.1, 0.15) is 5.82 Å². The first-order chi connectivity index (χ1) is 8.79. The summed E-state index contributed by atoms with van der Waals surface area (Å²) < 4.78 is 3.59. The summed E-state index contributed by atoms with van der Waals surface area (Å²) in [5.41, 5.74) is 2.31. The molecule has 0 N–H and O–H groups in total. The van der Waals surface area contributed by atoms with Crippen molar-refractivity contribution in [3.05, 3.63) is 27.6 Å². The van der Waals surface area contributed by atoms with E-state index >= 15 is 0 Å². The number of aromatic nitrogens is 2. The molecule has 2 heterocycles. The molecule has 1 fully saturated rings. The Bertz CT molecular complexity index is 563. The predicted octanol–water partition coefficient (Wildman–Crippen LogP) is 4.45. The molecule has 0 radical (unpaired) electrons. The van der Waals surface area contributed by atoms with Gasteiger partial charge < -0.3 is 4.57 Å². The summed E-state index contributed by atoms with van der Waals surface area (Å²) >= 11 is 10.4. The van der Waals surface area contributed by atoms with Crippen molar-refractivity contribution in [3.63, 3.8) is 0 Å². The lowest BCUT2D eigenvalue weighted by Crippen LogP contribution is -2.17. The molecule has 1 aliphatic rings. The van der Waals surface area contributed by atoms with Crippen molar-refractivity contribution in [2.75, 3.05) is 11.5 Å². The fourth-order valence-electron chi connectivity index (χ4n) is 2.55. The molecular weight excluding hydrogens is 379 g/mol. The van der Waals surface area contributed by atoms with Crippen molar-refractivity contribution in [3.8, 4) is 0 Å². The van der Waals surface area contributed by atoms with Crippen LogP contribution in [0, 0.1) is 3.57 Å². The Hall–Kier alpha value is 0.0600. The van der Waals surface area contributed by atoms with E-state index < -0.39 is 0 Å². The molecule has 1 aliphatic heterocycles. The second-order valence-electron chi connectivity index (χ2n) is 4.54. The summed E-state index contributed by atoms with van der Waals surface area (Å²) in [7, 11) is 0. The molecule has 1 atom stereocenters. The lowest BCUT2D eigenvalue weighted by Gasteiger charge is -2.24. The van der Waals surface area contributed by atoms with E-state index in [9.17, 15) is 0 Å². The summed E-state index contributed by atoms with van der Waals surface area (Å²) in [6.45, 7) is 0. The summed E-state index contributed by atoms with van der Waals surface area (Å²) in [6, 6.07) is 7.02. The van der Waals surface area contributed by atoms with Crippen molar-refractivity contribution >= 4 is 57.0 Å². The van der Waals surface area contributed by atoms with Gasteiger partial charge in [0.2, 0.25) is 0 Å². The quantitative estimate of drug-likeness (QED) is 0.555. The molecule has 1 aromatic carbocycles. The topological polar surface area (TPSA) is 17.8 Å². The van der Waals surface area contributed by atoms with Crippen molar-refractivity contribution in [1.29, 1.82) is 0 Å². The summed E-state index contributed by atoms with van der Waals surface area (Å²) in [4.78, 5) is 4.68. The number of imidazole rings is 1. The minimum atomic E-state index is 0.492. The average molecular weight is 393 g/mol. The smallest absolute Gasteiger partial charge is 0.125 e. The second kappa shape index (κ2) is 5.59. The van der Waals surface area contributed by atoms with Crippen LogP contribution in [0.2, 0.25) is 0 Å². The number of thioether (sulfide) groups is 1. The summed E-state index contributed by atoms with van der Waals surface area (Å²) in [6.07, 6.45) is 2.54. The molecule has 0 saturated carbocycles. The summed E-state index contributed by atoms with van der Waals surface area (Å²) in [5.74, 6) is 3.98. The predicted molar refractivity (Wildman–Crippen MR) is 87.6 cm³/mol. The first kappa shape index (κ1) is 13.1. The molecule has 18 heavy (non-hydrogen) atoms. The van der Waals surface area contributed by atoms with Crippen LogP contribution in [0.5, 0.6) is 0 Å². The number of hydrogen-bond donors (Lipinski definition) is 0. The molecule has 1 aromatic heterocycles. The van der Waals surface area contributed by atoms with Crippen LogP contribution in [0.1, 0.15) is 24.7 Å². The molecule has 1 saturated heterocycles. The molecule has 0 aliphatic carbocycles. The highest BCUT2D eigenvalue weighted by Gasteiger charge is 2.21. The third kappa shape index (κ3) is 2.39. The van der Waals surface area contributed by atoms with Crippen LogP contribution in [0.25, 0.3) is 11.0 Å². The first-order valence-electron chi connectivity index (χ1n) is 6.09. The number of hydrogen-bond acceptors (Lipinski definition) is 2. The lowest BCUT2D eigenvalue weighted by molar-refractivity contribution is 0.499. The maximum Gasteiger partial charge on any atom is 0.125 e. The van der Waals surface area contributed by atoms with E-state index in [0.29, 0.717) is 11.9 Å². The SMILES string of the molecule is ClCc1nc2cc(I)ccc2n1C1CCCSC1. The van der Waals surface area contributed by atoms with Gasteiger partial charge in [0.25, 0.3) is 0 Å². The lowest BCUT2D eigenvalue weighted by atomic mass is 10.1. The Labute approximate surface area is 130 Å². The van der Waals surface area contributed by atoms with Gasteiger partial charge in [0.15, 0.2) is 0 Å². The van der Waals surface area contributed by atoms with E-state index in [4.69, 9.17) is 11.6 Å². The maximum atomic E-state index is 6.07. The average Bonchev–Trinajstić information content (AvgIpc) is 2.77. The molecule has 0 amide bonds. The zero-order chi connectivity index (χ0) is 12.5. The van der Waals surface area contributed by atoms with Crippen LogP contribution < -0.4 is 0 Å². The van der Waals surface area contributed by atoms with E-state index in [1.807, 2.05) is 11.8 Å². The molecule has 0 spiro atoms. The van der Waals surface area contributed by atoms with E-state index in [1.165, 1.54) is 33.4 Å². The number of alkyl halides is 1. The Morgan fingerprint density at radius 1 is 1.50 bits per heavy atom. The monoisotopic (exact) mass is 392 g/mol. The molecular formula is C13H14ClIN2S. The van der Waals surface area contributed by atoms with E-state index in [0.717, 1.165) is 11.3 Å². The number of rotatable bonds is 2. The molecule has 3 rings (SSSR count). The summed E-state index contributed by atoms with van der Waals surface area (Å²) in [5, 5.41) is 0. The minimum Gasteiger partial charge on any atom is -0.323 e. The fourth-order valence-corrected chi connectivity index (χ4v) is 4.34. The Morgan fingerprint density at radius 3 is 3.11 bits per heavy atom. The van der Waals surface area contributed by atoms with Crippen molar-refractivity contribution in [2.24, 2.45) is 0 Å². The van der Waals surface area contributed by atoms with Crippen LogP contribution in [0.3, 0.4) is 0 Å². The third-order valence-corrected chi connectivity index (χ3v) is 5.45. The first-order valence-corrected chi connectivity index (χ1v) is 8.86. The van der Waals surface area contributed by atoms with E-state index in [1.54, 1.807) is 0 Å². The van der Waals surface area contributed by atoms with Gasteiger partial charge in [-0.2, -0.15) is 11.8 Å². The van der Waals surface area contributed by atoms with Crippen LogP contribution in [-0.4, -0.2) is 21.1 Å². The van der Waals surface area contributed by atoms with Crippen molar-refractivity contribution in [1.82, 2.24) is 9.55 Å². The molecule has 1 unspecified atom stereocenters. The van der Waals surface area contributed by atoms with Gasteiger partial charge in [0.05, 0.1) is 16.9 Å². The number of halogens is 2. The highest BCUT2D eigenvalue weighted by atomic mass is 127. The molecule has 96 valence electrons. The number of benzene rings is 1. The molecule has 0 bridgehead atoms. The molecule has 2 aromatic rings. The van der Waals surface area contributed by atoms with Gasteiger partial charge in [-0.25, -0.2) is 4.98 Å². The second-order valence-corrected chi connectivity index (χ2v) is 7.20. The number of nitrogens with zero attached hydrogens (tertiary/aromatic N) is 2. The standard InChI is InChI=1S/C13H14ClIN2S/c14-7-13-16-11-6-9(15)3-4-12(11)17(13)10-2-1-5-18-8-10/h3-4,6,10H,1-2,5,7-8H2. The normalized spacial score (nSPS) is 20.4. The van der Waals surface area contributed by atoms with Gasteiger partial charge in [-0.3, -0.25) is 0 Å². The van der Waals surface area contributed by atoms with Crippen LogP contribution in [0.4, 0.5) is 0 Å².